The Morgan fingerprint density at radius 3 is 2.23 bits per heavy atom. The number of ketones is 1. The molecule has 12 heteroatoms. The SMILES string of the molecule is CC[C@H](C)[C@@H]([C@@H](CC(=O)N1CCC[C@H]1[C@H](OC)[C@@H](C)C(=O)NC(Cc1ccccc1)C(=O)OC)OC)N(C)C(=O)[C@@H](CC(=O)[C@]1(C)CCCN1)C(C)C. The summed E-state index contributed by atoms with van der Waals surface area (Å²) in [5.41, 5.74) is 0.269. The smallest absolute Gasteiger partial charge is 0.328 e. The molecule has 12 nitrogen and oxygen atoms in total. The van der Waals surface area contributed by atoms with Gasteiger partial charge in [0.15, 0.2) is 5.78 Å². The molecule has 0 aliphatic carbocycles. The van der Waals surface area contributed by atoms with Crippen LogP contribution in [0.5, 0.6) is 0 Å². The van der Waals surface area contributed by atoms with E-state index in [9.17, 15) is 24.0 Å². The van der Waals surface area contributed by atoms with E-state index >= 15 is 0 Å². The monoisotopic (exact) mass is 742 g/mol. The maximum absolute atomic E-state index is 14.2. The number of carbonyl (C=O) groups excluding carboxylic acids is 5. The molecule has 0 spiro atoms. The number of esters is 1. The predicted octanol–water partition coefficient (Wildman–Crippen LogP) is 4.18. The highest BCUT2D eigenvalue weighted by Crippen LogP contribution is 2.32. The first-order valence-electron chi connectivity index (χ1n) is 19.5. The molecule has 2 aliphatic rings. The van der Waals surface area contributed by atoms with Crippen molar-refractivity contribution in [3.05, 3.63) is 35.9 Å². The molecule has 2 aliphatic heterocycles. The quantitative estimate of drug-likeness (QED) is 0.188. The number of benzene rings is 1. The van der Waals surface area contributed by atoms with E-state index in [1.807, 2.05) is 51.1 Å². The number of nitrogens with one attached hydrogen (secondary N) is 2. The van der Waals surface area contributed by atoms with Crippen molar-refractivity contribution < 1.29 is 38.2 Å². The molecule has 2 fully saturated rings. The van der Waals surface area contributed by atoms with Crippen molar-refractivity contribution in [2.75, 3.05) is 41.5 Å². The van der Waals surface area contributed by atoms with Crippen molar-refractivity contribution in [2.45, 2.75) is 129 Å². The molecule has 2 saturated heterocycles. The zero-order valence-corrected chi connectivity index (χ0v) is 33.8. The molecular weight excluding hydrogens is 676 g/mol. The van der Waals surface area contributed by atoms with E-state index in [2.05, 4.69) is 24.5 Å². The largest absolute Gasteiger partial charge is 0.467 e. The van der Waals surface area contributed by atoms with E-state index in [1.165, 1.54) is 14.2 Å². The van der Waals surface area contributed by atoms with Gasteiger partial charge in [0.05, 0.1) is 49.3 Å². The Bertz CT molecular complexity index is 1370. The Morgan fingerprint density at radius 1 is 1.00 bits per heavy atom. The minimum atomic E-state index is -0.883. The number of Topliss-reactive ketones (excluding diaryl/α,β-unsaturated/α-hetero) is 1. The molecule has 2 N–H and O–H groups in total. The van der Waals surface area contributed by atoms with Gasteiger partial charge in [-0.2, -0.15) is 0 Å². The molecule has 0 saturated carbocycles. The second-order valence-corrected chi connectivity index (χ2v) is 15.7. The average molecular weight is 743 g/mol. The fraction of sp³-hybridized carbons (Fsp3) is 0.732. The highest BCUT2D eigenvalue weighted by molar-refractivity contribution is 5.93. The van der Waals surface area contributed by atoms with Gasteiger partial charge in [-0.15, -0.1) is 0 Å². The summed E-state index contributed by atoms with van der Waals surface area (Å²) in [6.07, 6.45) is 3.06. The van der Waals surface area contributed by atoms with E-state index in [4.69, 9.17) is 14.2 Å². The van der Waals surface area contributed by atoms with Gasteiger partial charge in [-0.05, 0) is 56.6 Å². The molecule has 298 valence electrons. The molecule has 0 aromatic heterocycles. The van der Waals surface area contributed by atoms with Crippen LogP contribution in [0.25, 0.3) is 0 Å². The predicted molar refractivity (Wildman–Crippen MR) is 204 cm³/mol. The van der Waals surface area contributed by atoms with E-state index in [-0.39, 0.29) is 60.6 Å². The van der Waals surface area contributed by atoms with Crippen LogP contribution in [-0.2, 0) is 44.6 Å². The molecule has 53 heavy (non-hydrogen) atoms. The molecule has 0 bridgehead atoms. The van der Waals surface area contributed by atoms with Crippen molar-refractivity contribution in [1.82, 2.24) is 20.4 Å². The van der Waals surface area contributed by atoms with Gasteiger partial charge < -0.3 is 34.6 Å². The second kappa shape index (κ2) is 20.4. The van der Waals surface area contributed by atoms with Crippen molar-refractivity contribution in [3.8, 4) is 0 Å². The highest BCUT2D eigenvalue weighted by Gasteiger charge is 2.44. The molecule has 1 unspecified atom stereocenters. The summed E-state index contributed by atoms with van der Waals surface area (Å²) in [6.45, 7) is 13.0. The molecular formula is C41H66N4O8. The van der Waals surface area contributed by atoms with Crippen molar-refractivity contribution >= 4 is 29.5 Å². The first-order chi connectivity index (χ1) is 25.1. The molecule has 0 radical (unpaired) electrons. The molecule has 3 amide bonds. The molecule has 3 rings (SSSR count). The fourth-order valence-corrected chi connectivity index (χ4v) is 8.22. The van der Waals surface area contributed by atoms with Crippen LogP contribution in [0.2, 0.25) is 0 Å². The Balaban J connectivity index is 1.77. The number of ether oxygens (including phenoxy) is 3. The van der Waals surface area contributed by atoms with E-state index in [0.717, 1.165) is 37.8 Å². The van der Waals surface area contributed by atoms with Crippen LogP contribution in [0, 0.1) is 23.7 Å². The third-order valence-corrected chi connectivity index (χ3v) is 11.9. The van der Waals surface area contributed by atoms with Crippen molar-refractivity contribution in [2.24, 2.45) is 23.7 Å². The Kier molecular flexibility index (Phi) is 16.9. The van der Waals surface area contributed by atoms with Crippen molar-refractivity contribution in [1.29, 1.82) is 0 Å². The zero-order chi connectivity index (χ0) is 39.5. The summed E-state index contributed by atoms with van der Waals surface area (Å²) in [7, 11) is 6.17. The average Bonchev–Trinajstić information content (AvgIpc) is 3.83. The summed E-state index contributed by atoms with van der Waals surface area (Å²) in [6, 6.07) is 7.73. The molecule has 1 aromatic carbocycles. The van der Waals surface area contributed by atoms with Crippen LogP contribution < -0.4 is 10.6 Å². The van der Waals surface area contributed by atoms with Gasteiger partial charge in [-0.1, -0.05) is 71.4 Å². The number of likely N-dealkylation sites (N-methyl/N-ethyl adjacent to an activating group) is 1. The topological polar surface area (TPSA) is 144 Å². The number of carbonyl (C=O) groups is 5. The van der Waals surface area contributed by atoms with Crippen LogP contribution in [0.3, 0.4) is 0 Å². The van der Waals surface area contributed by atoms with Gasteiger partial charge in [0.2, 0.25) is 17.7 Å². The standard InChI is InChI=1S/C41H66N4O8/c1-11-27(4)36(44(7)39(49)30(26(2)3)24-34(46)41(6)20-16-21-42-41)33(51-8)25-35(47)45-22-15-19-32(45)37(52-9)28(5)38(48)43-31(40(50)53-10)23-29-17-13-12-14-18-29/h12-14,17-18,26-28,30-33,36-37,42H,11,15-16,19-25H2,1-10H3,(H,43,48)/t27-,28+,30-,31?,32-,33+,36-,37+,41-/m0/s1. The molecule has 2 heterocycles. The van der Waals surface area contributed by atoms with Crippen molar-refractivity contribution in [3.63, 3.8) is 0 Å². The van der Waals surface area contributed by atoms with Crippen LogP contribution in [0.4, 0.5) is 0 Å². The molecule has 1 aromatic rings. The van der Waals surface area contributed by atoms with Crippen LogP contribution >= 0.6 is 0 Å². The number of hydrogen-bond donors (Lipinski definition) is 2. The lowest BCUT2D eigenvalue weighted by molar-refractivity contribution is -0.149. The Hall–Kier alpha value is -3.35. The Morgan fingerprint density at radius 2 is 1.68 bits per heavy atom. The van der Waals surface area contributed by atoms with Gasteiger partial charge in [0, 0.05) is 46.6 Å². The second-order valence-electron chi connectivity index (χ2n) is 15.7. The minimum absolute atomic E-state index is 0.00249. The number of likely N-dealkylation sites (tertiary alicyclic amines) is 1. The lowest BCUT2D eigenvalue weighted by atomic mass is 9.82. The lowest BCUT2D eigenvalue weighted by Crippen LogP contribution is -2.55. The van der Waals surface area contributed by atoms with E-state index < -0.39 is 47.6 Å². The van der Waals surface area contributed by atoms with Crippen LogP contribution in [0.15, 0.2) is 30.3 Å². The first-order valence-corrected chi connectivity index (χ1v) is 19.5. The van der Waals surface area contributed by atoms with Crippen LogP contribution in [-0.4, -0.2) is 117 Å². The van der Waals surface area contributed by atoms with Gasteiger partial charge in [-0.25, -0.2) is 4.79 Å². The van der Waals surface area contributed by atoms with Gasteiger partial charge in [0.1, 0.15) is 6.04 Å². The minimum Gasteiger partial charge on any atom is -0.467 e. The number of methoxy groups -OCH3 is 3. The van der Waals surface area contributed by atoms with Gasteiger partial charge >= 0.3 is 5.97 Å². The highest BCUT2D eigenvalue weighted by atomic mass is 16.5. The maximum Gasteiger partial charge on any atom is 0.328 e. The number of nitrogens with zero attached hydrogens (tertiary/aromatic N) is 2. The third-order valence-electron chi connectivity index (χ3n) is 11.9. The van der Waals surface area contributed by atoms with Gasteiger partial charge in [-0.3, -0.25) is 19.2 Å². The number of amides is 3. The first kappa shape index (κ1) is 44.0. The number of hydrogen-bond acceptors (Lipinski definition) is 9. The normalized spacial score (nSPS) is 22.7. The van der Waals surface area contributed by atoms with Crippen LogP contribution in [0.1, 0.15) is 92.1 Å². The summed E-state index contributed by atoms with van der Waals surface area (Å²) in [4.78, 5) is 71.7. The Labute approximate surface area is 317 Å². The van der Waals surface area contributed by atoms with E-state index in [0.29, 0.717) is 13.0 Å². The van der Waals surface area contributed by atoms with E-state index in [1.54, 1.807) is 30.9 Å². The fourth-order valence-electron chi connectivity index (χ4n) is 8.22. The maximum atomic E-state index is 14.2. The summed E-state index contributed by atoms with van der Waals surface area (Å²) >= 11 is 0. The number of rotatable bonds is 20. The molecule has 9 atom stereocenters. The summed E-state index contributed by atoms with van der Waals surface area (Å²) in [5, 5.41) is 6.20. The summed E-state index contributed by atoms with van der Waals surface area (Å²) in [5.74, 6) is -2.37. The third kappa shape index (κ3) is 11.1. The zero-order valence-electron chi connectivity index (χ0n) is 33.8. The van der Waals surface area contributed by atoms with Gasteiger partial charge in [0.25, 0.3) is 0 Å². The lowest BCUT2D eigenvalue weighted by Gasteiger charge is -2.41. The summed E-state index contributed by atoms with van der Waals surface area (Å²) < 4.78 is 17.0.